The van der Waals surface area contributed by atoms with Gasteiger partial charge in [-0.2, -0.15) is 5.10 Å². The molecule has 2 rings (SSSR count). The zero-order valence-corrected chi connectivity index (χ0v) is 13.1. The van der Waals surface area contributed by atoms with Gasteiger partial charge in [-0.05, 0) is 32.1 Å². The molecule has 0 aliphatic heterocycles. The summed E-state index contributed by atoms with van der Waals surface area (Å²) < 4.78 is 2.04. The smallest absolute Gasteiger partial charge is 0.0850 e. The monoisotopic (exact) mass is 283 g/mol. The van der Waals surface area contributed by atoms with Crippen LogP contribution < -0.4 is 5.73 Å². The third kappa shape index (κ3) is 3.14. The van der Waals surface area contributed by atoms with Gasteiger partial charge in [0.25, 0.3) is 0 Å². The van der Waals surface area contributed by atoms with Crippen LogP contribution in [0.1, 0.15) is 57.8 Å². The summed E-state index contributed by atoms with van der Waals surface area (Å²) in [5.74, 6) is 0.723. The second-order valence-electron chi connectivity index (χ2n) is 6.12. The summed E-state index contributed by atoms with van der Waals surface area (Å²) in [6.07, 6.45) is 6.48. The van der Waals surface area contributed by atoms with Gasteiger partial charge in [-0.25, -0.2) is 0 Å². The second kappa shape index (κ2) is 5.84. The minimum Gasteiger partial charge on any atom is -0.325 e. The number of hydrogen-bond donors (Lipinski definition) is 1. The number of rotatable bonds is 4. The molecule has 0 bridgehead atoms. The van der Waals surface area contributed by atoms with Crippen molar-refractivity contribution in [2.24, 2.45) is 11.7 Å². The summed E-state index contributed by atoms with van der Waals surface area (Å²) in [5, 5.41) is 5.43. The van der Waals surface area contributed by atoms with E-state index in [4.69, 9.17) is 17.3 Å². The zero-order valence-electron chi connectivity index (χ0n) is 12.4. The number of nitrogens with two attached hydrogens (primary N) is 1. The highest BCUT2D eigenvalue weighted by Crippen LogP contribution is 2.35. The van der Waals surface area contributed by atoms with E-state index in [1.165, 1.54) is 12.8 Å². The van der Waals surface area contributed by atoms with Gasteiger partial charge >= 0.3 is 0 Å². The quantitative estimate of drug-likeness (QED) is 0.918. The topological polar surface area (TPSA) is 43.8 Å². The van der Waals surface area contributed by atoms with Crippen LogP contribution in [0.3, 0.4) is 0 Å². The molecule has 0 amide bonds. The number of aryl methyl sites for hydroxylation is 2. The molecule has 108 valence electrons. The van der Waals surface area contributed by atoms with Crippen molar-refractivity contribution in [3.05, 3.63) is 16.4 Å². The normalized spacial score (nSPS) is 27.7. The lowest BCUT2D eigenvalue weighted by molar-refractivity contribution is 0.231. The highest BCUT2D eigenvalue weighted by atomic mass is 35.5. The third-order valence-electron chi connectivity index (χ3n) is 4.34. The molecule has 1 fully saturated rings. The van der Waals surface area contributed by atoms with E-state index in [1.807, 2.05) is 4.68 Å². The van der Waals surface area contributed by atoms with Crippen LogP contribution in [0.25, 0.3) is 0 Å². The Hall–Kier alpha value is -0.540. The Morgan fingerprint density at radius 2 is 2.21 bits per heavy atom. The first-order valence-electron chi connectivity index (χ1n) is 7.52. The largest absolute Gasteiger partial charge is 0.325 e. The van der Waals surface area contributed by atoms with E-state index in [-0.39, 0.29) is 5.54 Å². The molecule has 1 aliphatic rings. The summed E-state index contributed by atoms with van der Waals surface area (Å²) in [6, 6.07) is 0. The minimum absolute atomic E-state index is 0.0979. The van der Waals surface area contributed by atoms with Crippen LogP contribution in [0.5, 0.6) is 0 Å². The molecule has 2 unspecified atom stereocenters. The summed E-state index contributed by atoms with van der Waals surface area (Å²) in [7, 11) is 0. The predicted octanol–water partition coefficient (Wildman–Crippen LogP) is 3.57. The average molecular weight is 284 g/mol. The fourth-order valence-corrected chi connectivity index (χ4v) is 3.72. The van der Waals surface area contributed by atoms with Gasteiger partial charge in [0.1, 0.15) is 0 Å². The van der Waals surface area contributed by atoms with Crippen molar-refractivity contribution in [3.63, 3.8) is 0 Å². The van der Waals surface area contributed by atoms with Crippen LogP contribution in [0, 0.1) is 5.92 Å². The average Bonchev–Trinajstić information content (AvgIpc) is 2.65. The Labute approximate surface area is 121 Å². The molecule has 0 aromatic carbocycles. The minimum atomic E-state index is -0.0979. The predicted molar refractivity (Wildman–Crippen MR) is 80.5 cm³/mol. The standard InChI is InChI=1S/C15H26ClN3/c1-4-12-14(16)13(19(5-2)18-12)10-15(17)8-6-7-11(3)9-15/h11H,4-10,17H2,1-3H3. The number of halogens is 1. The molecule has 2 N–H and O–H groups in total. The van der Waals surface area contributed by atoms with Crippen molar-refractivity contribution in [2.45, 2.75) is 71.4 Å². The van der Waals surface area contributed by atoms with Crippen LogP contribution in [-0.2, 0) is 19.4 Å². The van der Waals surface area contributed by atoms with Crippen molar-refractivity contribution < 1.29 is 0 Å². The lowest BCUT2D eigenvalue weighted by Crippen LogP contribution is -2.46. The molecule has 19 heavy (non-hydrogen) atoms. The number of hydrogen-bond acceptors (Lipinski definition) is 2. The molecule has 2 atom stereocenters. The lowest BCUT2D eigenvalue weighted by atomic mass is 9.74. The van der Waals surface area contributed by atoms with Crippen molar-refractivity contribution in [1.82, 2.24) is 9.78 Å². The highest BCUT2D eigenvalue weighted by Gasteiger charge is 2.33. The Balaban J connectivity index is 2.24. The maximum Gasteiger partial charge on any atom is 0.0850 e. The van der Waals surface area contributed by atoms with E-state index in [0.29, 0.717) is 0 Å². The Bertz CT molecular complexity index is 441. The first-order valence-corrected chi connectivity index (χ1v) is 7.89. The molecule has 0 spiro atoms. The van der Waals surface area contributed by atoms with Crippen LogP contribution in [0.15, 0.2) is 0 Å². The van der Waals surface area contributed by atoms with Crippen LogP contribution in [0.4, 0.5) is 0 Å². The summed E-state index contributed by atoms with van der Waals surface area (Å²) in [4.78, 5) is 0. The van der Waals surface area contributed by atoms with Gasteiger partial charge in [-0.1, -0.05) is 38.3 Å². The third-order valence-corrected chi connectivity index (χ3v) is 4.78. The van der Waals surface area contributed by atoms with Gasteiger partial charge in [-0.3, -0.25) is 4.68 Å². The Morgan fingerprint density at radius 1 is 1.47 bits per heavy atom. The zero-order chi connectivity index (χ0) is 14.0. The van der Waals surface area contributed by atoms with Crippen LogP contribution >= 0.6 is 11.6 Å². The van der Waals surface area contributed by atoms with Crippen molar-refractivity contribution in [1.29, 1.82) is 0 Å². The molecule has 1 aromatic rings. The van der Waals surface area contributed by atoms with Gasteiger partial charge < -0.3 is 5.73 Å². The van der Waals surface area contributed by atoms with Gasteiger partial charge in [0.05, 0.1) is 16.4 Å². The molecule has 1 aliphatic carbocycles. The van der Waals surface area contributed by atoms with Gasteiger partial charge in [0.15, 0.2) is 0 Å². The van der Waals surface area contributed by atoms with E-state index >= 15 is 0 Å². The molecular formula is C15H26ClN3. The Morgan fingerprint density at radius 3 is 2.79 bits per heavy atom. The van der Waals surface area contributed by atoms with Crippen molar-refractivity contribution in [3.8, 4) is 0 Å². The van der Waals surface area contributed by atoms with E-state index in [0.717, 1.165) is 54.6 Å². The molecule has 0 saturated heterocycles. The van der Waals surface area contributed by atoms with E-state index in [1.54, 1.807) is 0 Å². The second-order valence-corrected chi connectivity index (χ2v) is 6.50. The van der Waals surface area contributed by atoms with Gasteiger partial charge in [0.2, 0.25) is 0 Å². The lowest BCUT2D eigenvalue weighted by Gasteiger charge is -2.37. The number of aromatic nitrogens is 2. The van der Waals surface area contributed by atoms with Crippen molar-refractivity contribution in [2.75, 3.05) is 0 Å². The maximum atomic E-state index is 6.62. The van der Waals surface area contributed by atoms with Gasteiger partial charge in [-0.15, -0.1) is 0 Å². The molecule has 1 saturated carbocycles. The van der Waals surface area contributed by atoms with Crippen molar-refractivity contribution >= 4 is 11.6 Å². The van der Waals surface area contributed by atoms with Crippen LogP contribution in [-0.4, -0.2) is 15.3 Å². The molecule has 0 radical (unpaired) electrons. The SMILES string of the molecule is CCc1nn(CC)c(CC2(N)CCCC(C)C2)c1Cl. The first-order chi connectivity index (χ1) is 8.99. The summed E-state index contributed by atoms with van der Waals surface area (Å²) >= 11 is 6.49. The van der Waals surface area contributed by atoms with E-state index < -0.39 is 0 Å². The molecule has 1 heterocycles. The van der Waals surface area contributed by atoms with E-state index in [2.05, 4.69) is 25.9 Å². The molecule has 3 nitrogen and oxygen atoms in total. The maximum absolute atomic E-state index is 6.62. The van der Waals surface area contributed by atoms with Crippen LogP contribution in [0.2, 0.25) is 5.02 Å². The molecular weight excluding hydrogens is 258 g/mol. The summed E-state index contributed by atoms with van der Waals surface area (Å²) in [6.45, 7) is 7.37. The number of nitrogens with zero attached hydrogens (tertiary/aromatic N) is 2. The van der Waals surface area contributed by atoms with Gasteiger partial charge in [0, 0.05) is 18.5 Å². The van der Waals surface area contributed by atoms with E-state index in [9.17, 15) is 0 Å². The molecule has 4 heteroatoms. The first kappa shape index (κ1) is 14.9. The Kier molecular flexibility index (Phi) is 4.57. The summed E-state index contributed by atoms with van der Waals surface area (Å²) in [5.41, 5.74) is 8.67. The molecule has 1 aromatic heterocycles. The fraction of sp³-hybridized carbons (Fsp3) is 0.800. The fourth-order valence-electron chi connectivity index (χ4n) is 3.38. The highest BCUT2D eigenvalue weighted by molar-refractivity contribution is 6.31.